The van der Waals surface area contributed by atoms with Gasteiger partial charge >= 0.3 is 0 Å². The zero-order valence-corrected chi connectivity index (χ0v) is 16.9. The first-order valence-electron chi connectivity index (χ1n) is 9.95. The van der Waals surface area contributed by atoms with Crippen molar-refractivity contribution in [3.05, 3.63) is 82.6 Å². The van der Waals surface area contributed by atoms with E-state index in [0.717, 1.165) is 22.8 Å². The number of hydrogen-bond donors (Lipinski definition) is 0. The van der Waals surface area contributed by atoms with Gasteiger partial charge in [0.25, 0.3) is 5.56 Å². The summed E-state index contributed by atoms with van der Waals surface area (Å²) in [6.45, 7) is 2.58. The summed E-state index contributed by atoms with van der Waals surface area (Å²) in [7, 11) is 1.62. The maximum absolute atomic E-state index is 12.7. The van der Waals surface area contributed by atoms with Crippen molar-refractivity contribution in [1.29, 1.82) is 0 Å². The van der Waals surface area contributed by atoms with Gasteiger partial charge in [0.05, 0.1) is 19.2 Å². The smallest absolute Gasteiger partial charge is 0.271 e. The Kier molecular flexibility index (Phi) is 5.79. The first kappa shape index (κ1) is 19.7. The number of piperazine rings is 1. The lowest BCUT2D eigenvalue weighted by Gasteiger charge is -2.35. The van der Waals surface area contributed by atoms with Crippen LogP contribution in [-0.2, 0) is 11.2 Å². The van der Waals surface area contributed by atoms with E-state index in [0.29, 0.717) is 32.6 Å². The fourth-order valence-corrected chi connectivity index (χ4v) is 3.58. The molecule has 0 spiro atoms. The summed E-state index contributed by atoms with van der Waals surface area (Å²) >= 11 is 0. The van der Waals surface area contributed by atoms with Crippen molar-refractivity contribution in [3.63, 3.8) is 0 Å². The number of rotatable bonds is 5. The molecule has 30 heavy (non-hydrogen) atoms. The van der Waals surface area contributed by atoms with E-state index in [1.165, 1.54) is 10.7 Å². The Labute approximate surface area is 175 Å². The van der Waals surface area contributed by atoms with E-state index in [1.54, 1.807) is 13.2 Å². The number of carbonyl (C=O) groups excluding carboxylic acids is 1. The fourth-order valence-electron chi connectivity index (χ4n) is 3.58. The Morgan fingerprint density at radius 2 is 1.73 bits per heavy atom. The number of amides is 1. The average molecular weight is 404 g/mol. The molecular weight excluding hydrogens is 380 g/mol. The monoisotopic (exact) mass is 404 g/mol. The van der Waals surface area contributed by atoms with E-state index in [4.69, 9.17) is 4.74 Å². The molecule has 0 N–H and O–H groups in total. The second kappa shape index (κ2) is 8.82. The molecule has 0 atom stereocenters. The second-order valence-corrected chi connectivity index (χ2v) is 7.17. The minimum atomic E-state index is -0.169. The fraction of sp³-hybridized carbons (Fsp3) is 0.261. The van der Waals surface area contributed by atoms with E-state index >= 15 is 0 Å². The van der Waals surface area contributed by atoms with Crippen molar-refractivity contribution < 1.29 is 9.53 Å². The normalized spacial score (nSPS) is 13.9. The molecule has 0 saturated carbocycles. The van der Waals surface area contributed by atoms with Gasteiger partial charge in [0, 0.05) is 32.2 Å². The van der Waals surface area contributed by atoms with Crippen molar-refractivity contribution in [2.24, 2.45) is 0 Å². The summed E-state index contributed by atoms with van der Waals surface area (Å²) in [6.07, 6.45) is 0.355. The lowest BCUT2D eigenvalue weighted by atomic mass is 10.1. The van der Waals surface area contributed by atoms with Gasteiger partial charge in [0.15, 0.2) is 0 Å². The van der Waals surface area contributed by atoms with Crippen LogP contribution in [0.5, 0.6) is 5.75 Å². The quantitative estimate of drug-likeness (QED) is 0.652. The Hall–Kier alpha value is -3.61. The van der Waals surface area contributed by atoms with Crippen molar-refractivity contribution in [1.82, 2.24) is 14.7 Å². The van der Waals surface area contributed by atoms with E-state index in [-0.39, 0.29) is 11.5 Å². The molecule has 154 valence electrons. The molecule has 4 rings (SSSR count). The van der Waals surface area contributed by atoms with Gasteiger partial charge in [-0.1, -0.05) is 30.3 Å². The third-order valence-corrected chi connectivity index (χ3v) is 5.23. The van der Waals surface area contributed by atoms with Crippen molar-refractivity contribution in [2.45, 2.75) is 6.42 Å². The molecule has 0 bridgehead atoms. The maximum Gasteiger partial charge on any atom is 0.271 e. The van der Waals surface area contributed by atoms with Gasteiger partial charge in [-0.3, -0.25) is 9.59 Å². The summed E-state index contributed by atoms with van der Waals surface area (Å²) in [5, 5.41) is 4.54. The Bertz CT molecular complexity index is 1070. The van der Waals surface area contributed by atoms with Crippen LogP contribution < -0.4 is 15.2 Å². The molecule has 1 aromatic heterocycles. The first-order chi connectivity index (χ1) is 14.6. The highest BCUT2D eigenvalue weighted by Gasteiger charge is 2.22. The minimum Gasteiger partial charge on any atom is -0.497 e. The summed E-state index contributed by atoms with van der Waals surface area (Å²) in [6, 6.07) is 20.2. The van der Waals surface area contributed by atoms with Crippen molar-refractivity contribution in [3.8, 4) is 11.4 Å². The molecule has 7 nitrogen and oxygen atoms in total. The van der Waals surface area contributed by atoms with Crippen LogP contribution in [0.25, 0.3) is 5.69 Å². The highest BCUT2D eigenvalue weighted by atomic mass is 16.5. The molecule has 2 aromatic carbocycles. The molecule has 1 fully saturated rings. The molecule has 1 saturated heterocycles. The molecule has 1 aliphatic heterocycles. The number of nitrogens with zero attached hydrogens (tertiary/aromatic N) is 4. The van der Waals surface area contributed by atoms with Gasteiger partial charge in [-0.15, -0.1) is 5.10 Å². The summed E-state index contributed by atoms with van der Waals surface area (Å²) in [5.41, 5.74) is 1.51. The zero-order chi connectivity index (χ0) is 20.9. The predicted molar refractivity (Wildman–Crippen MR) is 115 cm³/mol. The molecule has 1 aliphatic rings. The van der Waals surface area contributed by atoms with E-state index < -0.39 is 0 Å². The average Bonchev–Trinajstić information content (AvgIpc) is 2.80. The SMILES string of the molecule is COc1cccc(CC(=O)N2CCN(c3ccc(=O)n(-c4ccccc4)n3)CC2)c1. The lowest BCUT2D eigenvalue weighted by molar-refractivity contribution is -0.130. The number of para-hydroxylation sites is 1. The lowest BCUT2D eigenvalue weighted by Crippen LogP contribution is -2.49. The van der Waals surface area contributed by atoms with Crippen LogP contribution in [0.4, 0.5) is 5.82 Å². The number of methoxy groups -OCH3 is 1. The van der Waals surface area contributed by atoms with E-state index in [1.807, 2.05) is 59.5 Å². The van der Waals surface area contributed by atoms with Crippen LogP contribution in [-0.4, -0.2) is 53.9 Å². The third-order valence-electron chi connectivity index (χ3n) is 5.23. The summed E-state index contributed by atoms with van der Waals surface area (Å²) < 4.78 is 6.64. The molecule has 1 amide bonds. The first-order valence-corrected chi connectivity index (χ1v) is 9.95. The Balaban J connectivity index is 1.41. The Morgan fingerprint density at radius 1 is 0.967 bits per heavy atom. The van der Waals surface area contributed by atoms with Crippen molar-refractivity contribution in [2.75, 3.05) is 38.2 Å². The molecule has 2 heterocycles. The Morgan fingerprint density at radius 3 is 2.47 bits per heavy atom. The number of ether oxygens (including phenoxy) is 1. The highest BCUT2D eigenvalue weighted by Crippen LogP contribution is 2.16. The van der Waals surface area contributed by atoms with Gasteiger partial charge in [0.2, 0.25) is 5.91 Å². The standard InChI is InChI=1S/C23H24N4O3/c1-30-20-9-5-6-18(16-20)17-23(29)26-14-12-25(13-15-26)21-10-11-22(28)27(24-21)19-7-3-2-4-8-19/h2-11,16H,12-15,17H2,1H3. The number of aromatic nitrogens is 2. The maximum atomic E-state index is 12.7. The minimum absolute atomic E-state index is 0.102. The van der Waals surface area contributed by atoms with Gasteiger partial charge in [0.1, 0.15) is 11.6 Å². The van der Waals surface area contributed by atoms with Crippen molar-refractivity contribution >= 4 is 11.7 Å². The van der Waals surface area contributed by atoms with E-state index in [2.05, 4.69) is 10.00 Å². The number of anilines is 1. The molecular formula is C23H24N4O3. The topological polar surface area (TPSA) is 67.7 Å². The van der Waals surface area contributed by atoms with Crippen LogP contribution >= 0.6 is 0 Å². The third kappa shape index (κ3) is 4.35. The number of hydrogen-bond acceptors (Lipinski definition) is 5. The van der Waals surface area contributed by atoms with Crippen LogP contribution in [0.15, 0.2) is 71.5 Å². The van der Waals surface area contributed by atoms with Crippen LogP contribution in [0.3, 0.4) is 0 Å². The van der Waals surface area contributed by atoms with Gasteiger partial charge in [-0.25, -0.2) is 0 Å². The van der Waals surface area contributed by atoms with Crippen LogP contribution in [0.2, 0.25) is 0 Å². The van der Waals surface area contributed by atoms with Crippen LogP contribution in [0.1, 0.15) is 5.56 Å². The number of carbonyl (C=O) groups is 1. The summed E-state index contributed by atoms with van der Waals surface area (Å²) in [4.78, 5) is 28.9. The van der Waals surface area contributed by atoms with Crippen LogP contribution in [0, 0.1) is 0 Å². The van der Waals surface area contributed by atoms with Gasteiger partial charge < -0.3 is 14.5 Å². The zero-order valence-electron chi connectivity index (χ0n) is 16.9. The largest absolute Gasteiger partial charge is 0.497 e. The number of benzene rings is 2. The second-order valence-electron chi connectivity index (χ2n) is 7.17. The molecule has 0 unspecified atom stereocenters. The highest BCUT2D eigenvalue weighted by molar-refractivity contribution is 5.79. The van der Waals surface area contributed by atoms with E-state index in [9.17, 15) is 9.59 Å². The van der Waals surface area contributed by atoms with Gasteiger partial charge in [-0.05, 0) is 35.9 Å². The molecule has 7 heteroatoms. The van der Waals surface area contributed by atoms with Gasteiger partial charge in [-0.2, -0.15) is 4.68 Å². The predicted octanol–water partition coefficient (Wildman–Crippen LogP) is 2.13. The molecule has 0 radical (unpaired) electrons. The molecule has 3 aromatic rings. The molecule has 0 aliphatic carbocycles. The summed E-state index contributed by atoms with van der Waals surface area (Å²) in [5.74, 6) is 1.59.